The molecule has 4 heterocycles. The average Bonchev–Trinajstić information content (AvgIpc) is 3.43. The summed E-state index contributed by atoms with van der Waals surface area (Å²) in [5.41, 5.74) is 1.66. The summed E-state index contributed by atoms with van der Waals surface area (Å²) in [5.74, 6) is 0.649. The van der Waals surface area contributed by atoms with Crippen molar-refractivity contribution in [2.24, 2.45) is 0 Å². The van der Waals surface area contributed by atoms with Crippen LogP contribution in [0.25, 0.3) is 0 Å². The highest BCUT2D eigenvalue weighted by Crippen LogP contribution is 2.24. The van der Waals surface area contributed by atoms with Crippen LogP contribution >= 0.6 is 0 Å². The maximum atomic E-state index is 12.9. The lowest BCUT2D eigenvalue weighted by Crippen LogP contribution is -2.52. The Hall–Kier alpha value is -3.49. The van der Waals surface area contributed by atoms with Gasteiger partial charge in [-0.15, -0.1) is 0 Å². The SMILES string of the molecule is Cc1cc(N2CCN(C(=O)CN3C(=O)c4ccccc4C3=O)CC2)nc(N2CCCC2)n1. The molecular weight excluding hydrogens is 408 g/mol. The summed E-state index contributed by atoms with van der Waals surface area (Å²) < 4.78 is 0. The molecule has 0 radical (unpaired) electrons. The van der Waals surface area contributed by atoms with Crippen molar-refractivity contribution in [3.63, 3.8) is 0 Å². The molecule has 9 nitrogen and oxygen atoms in total. The number of aromatic nitrogens is 2. The first kappa shape index (κ1) is 20.4. The van der Waals surface area contributed by atoms with Crippen molar-refractivity contribution in [3.8, 4) is 0 Å². The van der Waals surface area contributed by atoms with Gasteiger partial charge in [-0.2, -0.15) is 4.98 Å². The van der Waals surface area contributed by atoms with Gasteiger partial charge in [-0.25, -0.2) is 4.98 Å². The number of amides is 3. The van der Waals surface area contributed by atoms with Gasteiger partial charge in [-0.1, -0.05) is 12.1 Å². The fourth-order valence-electron chi connectivity index (χ4n) is 4.56. The standard InChI is InChI=1S/C23H26N6O3/c1-16-14-19(25-23(24-16)28-8-4-5-9-28)26-10-12-27(13-11-26)20(30)15-29-21(31)17-6-2-3-7-18(17)22(29)32/h2-3,6-7,14H,4-5,8-13,15H2,1H3. The smallest absolute Gasteiger partial charge is 0.262 e. The van der Waals surface area contributed by atoms with E-state index in [1.807, 2.05) is 13.0 Å². The molecule has 1 aromatic heterocycles. The second-order valence-corrected chi connectivity index (χ2v) is 8.47. The molecule has 0 aliphatic carbocycles. The van der Waals surface area contributed by atoms with E-state index in [-0.39, 0.29) is 12.5 Å². The van der Waals surface area contributed by atoms with Crippen molar-refractivity contribution in [2.75, 3.05) is 55.6 Å². The number of hydrogen-bond donors (Lipinski definition) is 0. The van der Waals surface area contributed by atoms with E-state index in [4.69, 9.17) is 4.98 Å². The lowest BCUT2D eigenvalue weighted by atomic mass is 10.1. The number of nitrogens with zero attached hydrogens (tertiary/aromatic N) is 6. The second kappa shape index (κ2) is 8.22. The Kier molecular flexibility index (Phi) is 5.24. The third-order valence-corrected chi connectivity index (χ3v) is 6.35. The van der Waals surface area contributed by atoms with Crippen LogP contribution in [0.3, 0.4) is 0 Å². The molecule has 0 atom stereocenters. The molecule has 0 saturated carbocycles. The van der Waals surface area contributed by atoms with Crippen molar-refractivity contribution >= 4 is 29.5 Å². The van der Waals surface area contributed by atoms with Crippen LogP contribution in [0.15, 0.2) is 30.3 Å². The van der Waals surface area contributed by atoms with Gasteiger partial charge in [0.2, 0.25) is 11.9 Å². The molecule has 3 aliphatic heterocycles. The zero-order valence-electron chi connectivity index (χ0n) is 18.2. The Morgan fingerprint density at radius 1 is 0.875 bits per heavy atom. The van der Waals surface area contributed by atoms with Crippen molar-refractivity contribution in [1.29, 1.82) is 0 Å². The van der Waals surface area contributed by atoms with E-state index in [2.05, 4.69) is 14.8 Å². The monoisotopic (exact) mass is 434 g/mol. The Morgan fingerprint density at radius 2 is 1.50 bits per heavy atom. The van der Waals surface area contributed by atoms with Crippen molar-refractivity contribution < 1.29 is 14.4 Å². The molecule has 0 unspecified atom stereocenters. The van der Waals surface area contributed by atoms with Crippen molar-refractivity contribution in [1.82, 2.24) is 19.8 Å². The number of fused-ring (bicyclic) bond motifs is 1. The van der Waals surface area contributed by atoms with Crippen LogP contribution < -0.4 is 9.80 Å². The first-order valence-electron chi connectivity index (χ1n) is 11.1. The molecule has 2 fully saturated rings. The summed E-state index contributed by atoms with van der Waals surface area (Å²) in [5, 5.41) is 0. The molecule has 2 aromatic rings. The minimum atomic E-state index is -0.400. The van der Waals surface area contributed by atoms with E-state index >= 15 is 0 Å². The topological polar surface area (TPSA) is 89.9 Å². The predicted octanol–water partition coefficient (Wildman–Crippen LogP) is 1.33. The molecular formula is C23H26N6O3. The summed E-state index contributed by atoms with van der Waals surface area (Å²) >= 11 is 0. The largest absolute Gasteiger partial charge is 0.353 e. The molecule has 0 N–H and O–H groups in total. The molecule has 3 aliphatic rings. The fourth-order valence-corrected chi connectivity index (χ4v) is 4.56. The molecule has 1 aromatic carbocycles. The molecule has 9 heteroatoms. The zero-order valence-corrected chi connectivity index (χ0v) is 18.2. The molecule has 3 amide bonds. The van der Waals surface area contributed by atoms with E-state index in [0.29, 0.717) is 37.3 Å². The number of carbonyl (C=O) groups excluding carboxylic acids is 3. The van der Waals surface area contributed by atoms with Crippen LogP contribution in [0.4, 0.5) is 11.8 Å². The highest BCUT2D eigenvalue weighted by molar-refractivity contribution is 6.22. The first-order valence-corrected chi connectivity index (χ1v) is 11.1. The molecule has 5 rings (SSSR count). The number of anilines is 2. The van der Waals surface area contributed by atoms with E-state index in [0.717, 1.165) is 35.4 Å². The van der Waals surface area contributed by atoms with Crippen LogP contribution in [0.2, 0.25) is 0 Å². The Labute approximate surface area is 186 Å². The fraction of sp³-hybridized carbons (Fsp3) is 0.435. The maximum Gasteiger partial charge on any atom is 0.262 e. The zero-order chi connectivity index (χ0) is 22.2. The lowest BCUT2D eigenvalue weighted by molar-refractivity contribution is -0.131. The molecule has 166 valence electrons. The summed E-state index contributed by atoms with van der Waals surface area (Å²) in [6, 6.07) is 8.67. The van der Waals surface area contributed by atoms with Crippen LogP contribution in [-0.4, -0.2) is 83.3 Å². The third-order valence-electron chi connectivity index (χ3n) is 6.35. The predicted molar refractivity (Wildman–Crippen MR) is 119 cm³/mol. The molecule has 32 heavy (non-hydrogen) atoms. The van der Waals surface area contributed by atoms with Gasteiger partial charge < -0.3 is 14.7 Å². The molecule has 2 saturated heterocycles. The molecule has 0 bridgehead atoms. The van der Waals surface area contributed by atoms with E-state index in [1.54, 1.807) is 29.2 Å². The Morgan fingerprint density at radius 3 is 2.12 bits per heavy atom. The number of rotatable bonds is 4. The summed E-state index contributed by atoms with van der Waals surface area (Å²) in [6.07, 6.45) is 2.33. The van der Waals surface area contributed by atoms with E-state index < -0.39 is 11.8 Å². The van der Waals surface area contributed by atoms with Gasteiger partial charge >= 0.3 is 0 Å². The number of piperazine rings is 1. The summed E-state index contributed by atoms with van der Waals surface area (Å²) in [6.45, 7) is 6.05. The normalized spacial score (nSPS) is 18.5. The second-order valence-electron chi connectivity index (χ2n) is 8.47. The number of benzene rings is 1. The third kappa shape index (κ3) is 3.68. The number of aryl methyl sites for hydroxylation is 1. The van der Waals surface area contributed by atoms with E-state index in [1.165, 1.54) is 12.8 Å². The number of carbonyl (C=O) groups is 3. The summed E-state index contributed by atoms with van der Waals surface area (Å²) in [4.78, 5) is 54.5. The van der Waals surface area contributed by atoms with Crippen molar-refractivity contribution in [2.45, 2.75) is 19.8 Å². The van der Waals surface area contributed by atoms with Gasteiger partial charge in [-0.3, -0.25) is 19.3 Å². The minimum absolute atomic E-state index is 0.212. The lowest BCUT2D eigenvalue weighted by Gasteiger charge is -2.36. The van der Waals surface area contributed by atoms with Gasteiger partial charge in [0.15, 0.2) is 0 Å². The number of hydrogen-bond acceptors (Lipinski definition) is 7. The molecule has 0 spiro atoms. The van der Waals surface area contributed by atoms with Crippen molar-refractivity contribution in [3.05, 3.63) is 47.2 Å². The van der Waals surface area contributed by atoms with Gasteiger partial charge in [-0.05, 0) is 31.9 Å². The quantitative estimate of drug-likeness (QED) is 0.671. The first-order chi connectivity index (χ1) is 15.5. The number of imide groups is 1. The van der Waals surface area contributed by atoms with Crippen LogP contribution in [0.1, 0.15) is 39.3 Å². The van der Waals surface area contributed by atoms with Gasteiger partial charge in [0.1, 0.15) is 12.4 Å². The Balaban J connectivity index is 1.21. The van der Waals surface area contributed by atoms with Crippen LogP contribution in [0, 0.1) is 6.92 Å². The van der Waals surface area contributed by atoms with Crippen LogP contribution in [-0.2, 0) is 4.79 Å². The van der Waals surface area contributed by atoms with E-state index in [9.17, 15) is 14.4 Å². The van der Waals surface area contributed by atoms with Gasteiger partial charge in [0.25, 0.3) is 11.8 Å². The highest BCUT2D eigenvalue weighted by atomic mass is 16.2. The average molecular weight is 435 g/mol. The van der Waals surface area contributed by atoms with Crippen LogP contribution in [0.5, 0.6) is 0 Å². The van der Waals surface area contributed by atoms with Gasteiger partial charge in [0, 0.05) is 51.0 Å². The van der Waals surface area contributed by atoms with Gasteiger partial charge in [0.05, 0.1) is 11.1 Å². The maximum absolute atomic E-state index is 12.9. The summed E-state index contributed by atoms with van der Waals surface area (Å²) in [7, 11) is 0. The highest BCUT2D eigenvalue weighted by Gasteiger charge is 2.37. The minimum Gasteiger partial charge on any atom is -0.353 e. The Bertz CT molecular complexity index is 1040.